The summed E-state index contributed by atoms with van der Waals surface area (Å²) in [5.74, 6) is 1.11. The van der Waals surface area contributed by atoms with Crippen molar-refractivity contribution >= 4 is 0 Å². The standard InChI is InChI=1S/C18H30N2O/c1-4-10-20-11-8-16(9-12-20)14(2)19-15(3)17-6-5-7-18(21)13-17/h5-7,13-16,19,21H,4,8-12H2,1-3H3. The molecule has 2 N–H and O–H groups in total. The van der Waals surface area contributed by atoms with Crippen LogP contribution in [0.15, 0.2) is 24.3 Å². The highest BCUT2D eigenvalue weighted by molar-refractivity contribution is 5.29. The molecule has 2 unspecified atom stereocenters. The van der Waals surface area contributed by atoms with E-state index in [0.29, 0.717) is 11.8 Å². The van der Waals surface area contributed by atoms with Gasteiger partial charge in [0.2, 0.25) is 0 Å². The molecule has 0 radical (unpaired) electrons. The van der Waals surface area contributed by atoms with Crippen molar-refractivity contribution in [1.82, 2.24) is 10.2 Å². The van der Waals surface area contributed by atoms with E-state index in [0.717, 1.165) is 11.5 Å². The molecule has 118 valence electrons. The van der Waals surface area contributed by atoms with Crippen molar-refractivity contribution in [3.8, 4) is 5.75 Å². The van der Waals surface area contributed by atoms with E-state index in [2.05, 4.69) is 37.1 Å². The number of hydrogen-bond donors (Lipinski definition) is 2. The summed E-state index contributed by atoms with van der Waals surface area (Å²) in [4.78, 5) is 2.59. The molecule has 3 heteroatoms. The maximum absolute atomic E-state index is 9.59. The Kier molecular flexibility index (Phi) is 6.07. The lowest BCUT2D eigenvalue weighted by molar-refractivity contribution is 0.159. The van der Waals surface area contributed by atoms with Gasteiger partial charge in [-0.05, 0) is 76.4 Å². The van der Waals surface area contributed by atoms with Crippen LogP contribution in [0.1, 0.15) is 51.6 Å². The van der Waals surface area contributed by atoms with Crippen molar-refractivity contribution < 1.29 is 5.11 Å². The van der Waals surface area contributed by atoms with Gasteiger partial charge in [0, 0.05) is 12.1 Å². The van der Waals surface area contributed by atoms with Crippen molar-refractivity contribution in [3.63, 3.8) is 0 Å². The number of phenols is 1. The quantitative estimate of drug-likeness (QED) is 0.841. The van der Waals surface area contributed by atoms with Crippen LogP contribution in [0.25, 0.3) is 0 Å². The fraction of sp³-hybridized carbons (Fsp3) is 0.667. The average molecular weight is 290 g/mol. The summed E-state index contributed by atoms with van der Waals surface area (Å²) < 4.78 is 0. The van der Waals surface area contributed by atoms with Gasteiger partial charge in [-0.25, -0.2) is 0 Å². The molecule has 0 aliphatic carbocycles. The van der Waals surface area contributed by atoms with Crippen molar-refractivity contribution in [1.29, 1.82) is 0 Å². The predicted octanol–water partition coefficient (Wildman–Crippen LogP) is 3.55. The van der Waals surface area contributed by atoms with E-state index in [1.165, 1.54) is 38.9 Å². The van der Waals surface area contributed by atoms with E-state index >= 15 is 0 Å². The number of phenolic OH excluding ortho intramolecular Hbond substituents is 1. The summed E-state index contributed by atoms with van der Waals surface area (Å²) >= 11 is 0. The highest BCUT2D eigenvalue weighted by Gasteiger charge is 2.24. The van der Waals surface area contributed by atoms with Gasteiger partial charge in [-0.3, -0.25) is 0 Å². The van der Waals surface area contributed by atoms with Gasteiger partial charge in [0.15, 0.2) is 0 Å². The molecular weight excluding hydrogens is 260 g/mol. The van der Waals surface area contributed by atoms with Crippen LogP contribution >= 0.6 is 0 Å². The third-order valence-corrected chi connectivity index (χ3v) is 4.76. The highest BCUT2D eigenvalue weighted by Crippen LogP contribution is 2.24. The molecule has 0 saturated carbocycles. The van der Waals surface area contributed by atoms with Gasteiger partial charge in [0.25, 0.3) is 0 Å². The molecule has 1 fully saturated rings. The number of hydrogen-bond acceptors (Lipinski definition) is 3. The summed E-state index contributed by atoms with van der Waals surface area (Å²) in [7, 11) is 0. The second-order valence-electron chi connectivity index (χ2n) is 6.45. The van der Waals surface area contributed by atoms with Crippen LogP contribution in [0.2, 0.25) is 0 Å². The average Bonchev–Trinajstić information content (AvgIpc) is 2.48. The molecule has 2 atom stereocenters. The Balaban J connectivity index is 1.83. The van der Waals surface area contributed by atoms with Gasteiger partial charge < -0.3 is 15.3 Å². The Hall–Kier alpha value is -1.06. The first-order valence-electron chi connectivity index (χ1n) is 8.37. The number of likely N-dealkylation sites (tertiary alicyclic amines) is 1. The van der Waals surface area contributed by atoms with Gasteiger partial charge >= 0.3 is 0 Å². The third-order valence-electron chi connectivity index (χ3n) is 4.76. The number of piperidine rings is 1. The van der Waals surface area contributed by atoms with Crippen LogP contribution in [-0.4, -0.2) is 35.7 Å². The van der Waals surface area contributed by atoms with E-state index in [1.54, 1.807) is 6.07 Å². The fourth-order valence-corrected chi connectivity index (χ4v) is 3.41. The van der Waals surface area contributed by atoms with Gasteiger partial charge in [0.05, 0.1) is 0 Å². The molecule has 3 nitrogen and oxygen atoms in total. The number of benzene rings is 1. The highest BCUT2D eigenvalue weighted by atomic mass is 16.3. The molecule has 0 bridgehead atoms. The first-order valence-corrected chi connectivity index (χ1v) is 8.37. The normalized spacial score (nSPS) is 20.3. The molecule has 1 aromatic rings. The number of aromatic hydroxyl groups is 1. The Morgan fingerprint density at radius 1 is 1.29 bits per heavy atom. The summed E-state index contributed by atoms with van der Waals surface area (Å²) in [6, 6.07) is 8.37. The van der Waals surface area contributed by atoms with Crippen molar-refractivity contribution in [2.75, 3.05) is 19.6 Å². The minimum Gasteiger partial charge on any atom is -0.508 e. The summed E-state index contributed by atoms with van der Waals surface area (Å²) in [6.45, 7) is 10.5. The predicted molar refractivity (Wildman–Crippen MR) is 88.6 cm³/mol. The van der Waals surface area contributed by atoms with Gasteiger partial charge in [0.1, 0.15) is 5.75 Å². The molecule has 1 aliphatic heterocycles. The molecule has 21 heavy (non-hydrogen) atoms. The minimum absolute atomic E-state index is 0.278. The number of nitrogens with zero attached hydrogens (tertiary/aromatic N) is 1. The Morgan fingerprint density at radius 2 is 2.00 bits per heavy atom. The molecular formula is C18H30N2O. The summed E-state index contributed by atoms with van der Waals surface area (Å²) in [6.07, 6.45) is 3.84. The van der Waals surface area contributed by atoms with Crippen molar-refractivity contribution in [2.24, 2.45) is 5.92 Å². The monoisotopic (exact) mass is 290 g/mol. The molecule has 0 spiro atoms. The van der Waals surface area contributed by atoms with Crippen LogP contribution in [-0.2, 0) is 0 Å². The summed E-state index contributed by atoms with van der Waals surface area (Å²) in [5.41, 5.74) is 1.16. The second kappa shape index (κ2) is 7.81. The van der Waals surface area contributed by atoms with Crippen LogP contribution in [0.4, 0.5) is 0 Å². The van der Waals surface area contributed by atoms with Crippen LogP contribution in [0.3, 0.4) is 0 Å². The summed E-state index contributed by atoms with van der Waals surface area (Å²) in [5, 5.41) is 13.3. The fourth-order valence-electron chi connectivity index (χ4n) is 3.41. The smallest absolute Gasteiger partial charge is 0.115 e. The lowest BCUT2D eigenvalue weighted by Crippen LogP contribution is -2.42. The van der Waals surface area contributed by atoms with E-state index in [4.69, 9.17) is 0 Å². The van der Waals surface area contributed by atoms with Crippen LogP contribution < -0.4 is 5.32 Å². The SMILES string of the molecule is CCCN1CCC(C(C)NC(C)c2cccc(O)c2)CC1. The Bertz CT molecular complexity index is 427. The first kappa shape index (κ1) is 16.3. The molecule has 1 saturated heterocycles. The number of nitrogens with one attached hydrogen (secondary N) is 1. The Labute approximate surface area is 129 Å². The zero-order valence-corrected chi connectivity index (χ0v) is 13.7. The van der Waals surface area contributed by atoms with E-state index < -0.39 is 0 Å². The minimum atomic E-state index is 0.278. The largest absolute Gasteiger partial charge is 0.508 e. The van der Waals surface area contributed by atoms with Gasteiger partial charge in [-0.2, -0.15) is 0 Å². The molecule has 1 aliphatic rings. The third kappa shape index (κ3) is 4.72. The maximum Gasteiger partial charge on any atom is 0.115 e. The Morgan fingerprint density at radius 3 is 2.62 bits per heavy atom. The van der Waals surface area contributed by atoms with E-state index in [-0.39, 0.29) is 6.04 Å². The van der Waals surface area contributed by atoms with Crippen molar-refractivity contribution in [2.45, 2.75) is 52.1 Å². The molecule has 0 amide bonds. The van der Waals surface area contributed by atoms with Crippen molar-refractivity contribution in [3.05, 3.63) is 29.8 Å². The first-order chi connectivity index (χ1) is 10.1. The second-order valence-corrected chi connectivity index (χ2v) is 6.45. The topological polar surface area (TPSA) is 35.5 Å². The zero-order chi connectivity index (χ0) is 15.2. The molecule has 2 rings (SSSR count). The maximum atomic E-state index is 9.59. The van der Waals surface area contributed by atoms with E-state index in [9.17, 15) is 5.11 Å². The van der Waals surface area contributed by atoms with E-state index in [1.807, 2.05) is 12.1 Å². The molecule has 1 aromatic carbocycles. The lowest BCUT2D eigenvalue weighted by Gasteiger charge is -2.36. The van der Waals surface area contributed by atoms with Crippen LogP contribution in [0.5, 0.6) is 5.75 Å². The van der Waals surface area contributed by atoms with Crippen LogP contribution in [0, 0.1) is 5.92 Å². The lowest BCUT2D eigenvalue weighted by atomic mass is 9.89. The number of rotatable bonds is 6. The molecule has 1 heterocycles. The van der Waals surface area contributed by atoms with Gasteiger partial charge in [-0.1, -0.05) is 19.1 Å². The molecule has 0 aromatic heterocycles. The zero-order valence-electron chi connectivity index (χ0n) is 13.7. The van der Waals surface area contributed by atoms with Gasteiger partial charge in [-0.15, -0.1) is 0 Å².